The average Bonchev–Trinajstić information content (AvgIpc) is 2.77. The molecule has 0 bridgehead atoms. The Hall–Kier alpha value is -1.84. The number of likely N-dealkylation sites (tertiary alicyclic amines) is 1. The highest BCUT2D eigenvalue weighted by molar-refractivity contribution is 6.08. The number of nitrogens with one attached hydrogen (secondary N) is 1. The summed E-state index contributed by atoms with van der Waals surface area (Å²) in [6.07, 6.45) is 2.09. The van der Waals surface area contributed by atoms with E-state index in [1.54, 1.807) is 6.07 Å². The van der Waals surface area contributed by atoms with Crippen LogP contribution in [0.15, 0.2) is 18.2 Å². The number of aromatic amines is 1. The van der Waals surface area contributed by atoms with Crippen molar-refractivity contribution in [2.45, 2.75) is 26.7 Å². The van der Waals surface area contributed by atoms with E-state index in [4.69, 9.17) is 0 Å². The lowest BCUT2D eigenvalue weighted by molar-refractivity contribution is 0.0698. The Bertz CT molecular complexity index is 654. The fraction of sp³-hybridized carbons (Fsp3) is 0.438. The van der Waals surface area contributed by atoms with Crippen LogP contribution >= 0.6 is 0 Å². The SMILES string of the molecule is Cc1[nH]c2c(F)cccc2c1C(=O)N1CCC(C)CC1. The van der Waals surface area contributed by atoms with Gasteiger partial charge in [0.2, 0.25) is 0 Å². The molecule has 1 aromatic carbocycles. The number of para-hydroxylation sites is 1. The van der Waals surface area contributed by atoms with E-state index in [2.05, 4.69) is 11.9 Å². The van der Waals surface area contributed by atoms with Gasteiger partial charge in [0.15, 0.2) is 0 Å². The molecule has 1 N–H and O–H groups in total. The minimum atomic E-state index is -0.308. The van der Waals surface area contributed by atoms with Crippen molar-refractivity contribution in [2.75, 3.05) is 13.1 Å². The Morgan fingerprint density at radius 2 is 2.05 bits per heavy atom. The summed E-state index contributed by atoms with van der Waals surface area (Å²) in [5.74, 6) is 0.392. The van der Waals surface area contributed by atoms with Crippen LogP contribution in [0.25, 0.3) is 10.9 Å². The first-order chi connectivity index (χ1) is 9.58. The summed E-state index contributed by atoms with van der Waals surface area (Å²) in [6, 6.07) is 4.87. The van der Waals surface area contributed by atoms with Gasteiger partial charge in [-0.1, -0.05) is 19.1 Å². The number of H-pyrrole nitrogens is 1. The molecule has 4 heteroatoms. The zero-order valence-corrected chi connectivity index (χ0v) is 11.9. The summed E-state index contributed by atoms with van der Waals surface area (Å²) < 4.78 is 13.8. The number of aromatic nitrogens is 1. The lowest BCUT2D eigenvalue weighted by atomic mass is 9.98. The minimum absolute atomic E-state index is 0.0197. The normalized spacial score (nSPS) is 16.9. The monoisotopic (exact) mass is 274 g/mol. The molecule has 1 fully saturated rings. The molecule has 1 amide bonds. The molecule has 0 aliphatic carbocycles. The van der Waals surface area contributed by atoms with E-state index in [1.165, 1.54) is 6.07 Å². The van der Waals surface area contributed by atoms with E-state index in [-0.39, 0.29) is 11.7 Å². The van der Waals surface area contributed by atoms with E-state index in [1.807, 2.05) is 17.9 Å². The molecule has 3 rings (SSSR count). The number of carbonyl (C=O) groups excluding carboxylic acids is 1. The minimum Gasteiger partial charge on any atom is -0.356 e. The molecule has 1 aromatic heterocycles. The largest absolute Gasteiger partial charge is 0.356 e. The smallest absolute Gasteiger partial charge is 0.256 e. The number of rotatable bonds is 1. The second kappa shape index (κ2) is 4.93. The lowest BCUT2D eigenvalue weighted by Gasteiger charge is -2.30. The molecule has 0 unspecified atom stereocenters. The molecule has 1 aliphatic rings. The zero-order chi connectivity index (χ0) is 14.3. The van der Waals surface area contributed by atoms with Crippen LogP contribution in [0.1, 0.15) is 35.8 Å². The molecule has 20 heavy (non-hydrogen) atoms. The van der Waals surface area contributed by atoms with E-state index in [0.717, 1.165) is 31.6 Å². The standard InChI is InChI=1S/C16H19FN2O/c1-10-6-8-19(9-7-10)16(20)14-11(2)18-15-12(14)4-3-5-13(15)17/h3-5,10,18H,6-9H2,1-2H3. The van der Waals surface area contributed by atoms with Gasteiger partial charge < -0.3 is 9.88 Å². The summed E-state index contributed by atoms with van der Waals surface area (Å²) in [5.41, 5.74) is 1.79. The molecule has 0 spiro atoms. The van der Waals surface area contributed by atoms with Crippen LogP contribution in [0.3, 0.4) is 0 Å². The maximum atomic E-state index is 13.8. The summed E-state index contributed by atoms with van der Waals surface area (Å²) in [7, 11) is 0. The maximum Gasteiger partial charge on any atom is 0.256 e. The van der Waals surface area contributed by atoms with Gasteiger partial charge in [-0.15, -0.1) is 0 Å². The topological polar surface area (TPSA) is 36.1 Å². The molecule has 1 saturated heterocycles. The summed E-state index contributed by atoms with van der Waals surface area (Å²) in [5, 5.41) is 0.686. The Morgan fingerprint density at radius 3 is 2.75 bits per heavy atom. The molecule has 0 atom stereocenters. The predicted molar refractivity (Wildman–Crippen MR) is 77.3 cm³/mol. The molecule has 106 valence electrons. The number of halogens is 1. The Balaban J connectivity index is 1.99. The molecule has 1 aliphatic heterocycles. The predicted octanol–water partition coefficient (Wildman–Crippen LogP) is 3.49. The Morgan fingerprint density at radius 1 is 1.35 bits per heavy atom. The quantitative estimate of drug-likeness (QED) is 0.849. The van der Waals surface area contributed by atoms with E-state index >= 15 is 0 Å². The van der Waals surface area contributed by atoms with Crippen LogP contribution < -0.4 is 0 Å². The Labute approximate surface area is 117 Å². The third-order valence-electron chi connectivity index (χ3n) is 4.26. The fourth-order valence-electron chi connectivity index (χ4n) is 2.96. The van der Waals surface area contributed by atoms with Gasteiger partial charge in [-0.25, -0.2) is 4.39 Å². The van der Waals surface area contributed by atoms with Crippen molar-refractivity contribution < 1.29 is 9.18 Å². The maximum absolute atomic E-state index is 13.8. The zero-order valence-electron chi connectivity index (χ0n) is 11.9. The first-order valence-corrected chi connectivity index (χ1v) is 7.14. The fourth-order valence-corrected chi connectivity index (χ4v) is 2.96. The molecule has 0 radical (unpaired) electrons. The van der Waals surface area contributed by atoms with Crippen molar-refractivity contribution in [1.82, 2.24) is 9.88 Å². The van der Waals surface area contributed by atoms with Crippen molar-refractivity contribution in [2.24, 2.45) is 5.92 Å². The molecular formula is C16H19FN2O. The van der Waals surface area contributed by atoms with Gasteiger partial charge in [0.05, 0.1) is 11.1 Å². The van der Waals surface area contributed by atoms with Gasteiger partial charge in [-0.2, -0.15) is 0 Å². The number of carbonyl (C=O) groups is 1. The second-order valence-corrected chi connectivity index (χ2v) is 5.76. The number of amides is 1. The van der Waals surface area contributed by atoms with Crippen molar-refractivity contribution in [3.05, 3.63) is 35.3 Å². The number of nitrogens with zero attached hydrogens (tertiary/aromatic N) is 1. The van der Waals surface area contributed by atoms with E-state index in [9.17, 15) is 9.18 Å². The van der Waals surface area contributed by atoms with Crippen molar-refractivity contribution >= 4 is 16.8 Å². The number of hydrogen-bond donors (Lipinski definition) is 1. The van der Waals surface area contributed by atoms with Gasteiger partial charge in [-0.05, 0) is 31.7 Å². The summed E-state index contributed by atoms with van der Waals surface area (Å²) in [6.45, 7) is 5.64. The number of benzene rings is 1. The third kappa shape index (κ3) is 2.09. The third-order valence-corrected chi connectivity index (χ3v) is 4.26. The van der Waals surface area contributed by atoms with Crippen LogP contribution in [-0.2, 0) is 0 Å². The Kier molecular flexibility index (Phi) is 3.24. The van der Waals surface area contributed by atoms with E-state index in [0.29, 0.717) is 22.4 Å². The number of fused-ring (bicyclic) bond motifs is 1. The van der Waals surface area contributed by atoms with Gasteiger partial charge in [0.1, 0.15) is 5.82 Å². The first kappa shape index (κ1) is 13.2. The van der Waals surface area contributed by atoms with E-state index < -0.39 is 0 Å². The van der Waals surface area contributed by atoms with Gasteiger partial charge in [-0.3, -0.25) is 4.79 Å². The lowest BCUT2D eigenvalue weighted by Crippen LogP contribution is -2.38. The summed E-state index contributed by atoms with van der Waals surface area (Å²) >= 11 is 0. The summed E-state index contributed by atoms with van der Waals surface area (Å²) in [4.78, 5) is 17.6. The van der Waals surface area contributed by atoms with Crippen LogP contribution in [0.5, 0.6) is 0 Å². The van der Waals surface area contributed by atoms with Gasteiger partial charge >= 0.3 is 0 Å². The van der Waals surface area contributed by atoms with Gasteiger partial charge in [0.25, 0.3) is 5.91 Å². The van der Waals surface area contributed by atoms with Crippen LogP contribution in [0, 0.1) is 18.7 Å². The van der Waals surface area contributed by atoms with Gasteiger partial charge in [0, 0.05) is 24.2 Å². The van der Waals surface area contributed by atoms with Crippen molar-refractivity contribution in [3.63, 3.8) is 0 Å². The molecule has 2 heterocycles. The molecule has 3 nitrogen and oxygen atoms in total. The highest BCUT2D eigenvalue weighted by Crippen LogP contribution is 2.27. The highest BCUT2D eigenvalue weighted by Gasteiger charge is 2.25. The van der Waals surface area contributed by atoms with Crippen LogP contribution in [-0.4, -0.2) is 28.9 Å². The molecule has 0 saturated carbocycles. The van der Waals surface area contributed by atoms with Crippen LogP contribution in [0.4, 0.5) is 4.39 Å². The number of aryl methyl sites for hydroxylation is 1. The highest BCUT2D eigenvalue weighted by atomic mass is 19.1. The van der Waals surface area contributed by atoms with Crippen molar-refractivity contribution in [1.29, 1.82) is 0 Å². The number of piperidine rings is 1. The van der Waals surface area contributed by atoms with Crippen molar-refractivity contribution in [3.8, 4) is 0 Å². The first-order valence-electron chi connectivity index (χ1n) is 7.14. The molecular weight excluding hydrogens is 255 g/mol. The molecule has 2 aromatic rings. The van der Waals surface area contributed by atoms with Crippen LogP contribution in [0.2, 0.25) is 0 Å². The average molecular weight is 274 g/mol. The second-order valence-electron chi connectivity index (χ2n) is 5.76. The number of hydrogen-bond acceptors (Lipinski definition) is 1.